The molecule has 0 bridgehead atoms. The van der Waals surface area contributed by atoms with Crippen molar-refractivity contribution in [1.82, 2.24) is 0 Å². The molecule has 6 rings (SSSR count). The molecule has 4 N–H and O–H groups in total. The van der Waals surface area contributed by atoms with Crippen LogP contribution < -0.4 is 20.1 Å². The van der Waals surface area contributed by atoms with Gasteiger partial charge in [0.1, 0.15) is 23.0 Å². The summed E-state index contributed by atoms with van der Waals surface area (Å²) in [4.78, 5) is 28.1. The van der Waals surface area contributed by atoms with Crippen LogP contribution in [-0.4, -0.2) is 22.4 Å². The summed E-state index contributed by atoms with van der Waals surface area (Å²) in [7, 11) is 0. The maximum absolute atomic E-state index is 13.2. The Hall–Kier alpha value is -6.19. The second kappa shape index (κ2) is 16.4. The average molecular weight is 725 g/mol. The summed E-state index contributed by atoms with van der Waals surface area (Å²) in [5, 5.41) is 27.3. The first kappa shape index (κ1) is 36.6. The van der Waals surface area contributed by atoms with Crippen molar-refractivity contribution >= 4 is 35.3 Å². The number of rotatable bonds is 10. The quantitative estimate of drug-likeness (QED) is 0.111. The number of benzene rings is 6. The monoisotopic (exact) mass is 724 g/mol. The molecule has 0 spiro atoms. The zero-order valence-electron chi connectivity index (χ0n) is 29.8. The SMILES string of the molecule is CC(C)c1cc(-c2c(NC(=O)Oc3ccccc3)cccc2Sc2cccc(NC(=O)Oc3ccccc3)c2-c2ccc(O)c(C(C)C)c2)ccc1O. The van der Waals surface area contributed by atoms with Crippen LogP contribution in [0.25, 0.3) is 22.3 Å². The summed E-state index contributed by atoms with van der Waals surface area (Å²) in [6.07, 6.45) is -1.31. The van der Waals surface area contributed by atoms with Crippen molar-refractivity contribution in [3.05, 3.63) is 145 Å². The van der Waals surface area contributed by atoms with Crippen LogP contribution in [0.2, 0.25) is 0 Å². The Balaban J connectivity index is 1.47. The topological polar surface area (TPSA) is 117 Å². The molecule has 268 valence electrons. The van der Waals surface area contributed by atoms with Crippen LogP contribution in [0.15, 0.2) is 143 Å². The van der Waals surface area contributed by atoms with Crippen molar-refractivity contribution in [2.45, 2.75) is 49.3 Å². The molecule has 0 atom stereocenters. The van der Waals surface area contributed by atoms with E-state index < -0.39 is 12.2 Å². The molecule has 6 aromatic carbocycles. The molecule has 0 aliphatic carbocycles. The highest BCUT2D eigenvalue weighted by molar-refractivity contribution is 7.99. The minimum absolute atomic E-state index is 0.0314. The summed E-state index contributed by atoms with van der Waals surface area (Å²) in [5.74, 6) is 1.23. The Bertz CT molecular complexity index is 2080. The van der Waals surface area contributed by atoms with E-state index >= 15 is 0 Å². The molecule has 53 heavy (non-hydrogen) atoms. The van der Waals surface area contributed by atoms with E-state index in [-0.39, 0.29) is 23.3 Å². The highest BCUT2D eigenvalue weighted by Gasteiger charge is 2.22. The fourth-order valence-electron chi connectivity index (χ4n) is 5.96. The fourth-order valence-corrected chi connectivity index (χ4v) is 7.15. The smallest absolute Gasteiger partial charge is 0.417 e. The first-order chi connectivity index (χ1) is 25.6. The molecule has 0 radical (unpaired) electrons. The third kappa shape index (κ3) is 8.83. The zero-order chi connectivity index (χ0) is 37.5. The number of phenolic OH excluding ortho intramolecular Hbond substituents is 2. The number of hydrogen-bond donors (Lipinski definition) is 4. The Kier molecular flexibility index (Phi) is 11.3. The lowest BCUT2D eigenvalue weighted by molar-refractivity contribution is 0.214. The van der Waals surface area contributed by atoms with Crippen molar-refractivity contribution in [2.24, 2.45) is 0 Å². The van der Waals surface area contributed by atoms with Gasteiger partial charge in [0, 0.05) is 20.9 Å². The number of carbonyl (C=O) groups excluding carboxylic acids is 2. The number of ether oxygens (including phenoxy) is 2. The lowest BCUT2D eigenvalue weighted by Crippen LogP contribution is -2.17. The van der Waals surface area contributed by atoms with Crippen LogP contribution in [0.3, 0.4) is 0 Å². The van der Waals surface area contributed by atoms with Crippen LogP contribution >= 0.6 is 11.8 Å². The van der Waals surface area contributed by atoms with Crippen molar-refractivity contribution in [3.63, 3.8) is 0 Å². The molecule has 8 nitrogen and oxygen atoms in total. The van der Waals surface area contributed by atoms with Gasteiger partial charge in [-0.1, -0.05) is 100 Å². The predicted molar refractivity (Wildman–Crippen MR) is 212 cm³/mol. The van der Waals surface area contributed by atoms with Gasteiger partial charge in [0.25, 0.3) is 0 Å². The first-order valence-corrected chi connectivity index (χ1v) is 18.1. The Morgan fingerprint density at radius 1 is 0.528 bits per heavy atom. The molecule has 2 amide bonds. The summed E-state index contributed by atoms with van der Waals surface area (Å²) >= 11 is 1.45. The summed E-state index contributed by atoms with van der Waals surface area (Å²) in [6, 6.07) is 39.7. The third-order valence-corrected chi connectivity index (χ3v) is 9.65. The molecule has 0 unspecified atom stereocenters. The summed E-state index contributed by atoms with van der Waals surface area (Å²) in [5.41, 5.74) is 5.51. The van der Waals surface area contributed by atoms with E-state index in [0.717, 1.165) is 32.0 Å². The maximum Gasteiger partial charge on any atom is 0.417 e. The van der Waals surface area contributed by atoms with Crippen LogP contribution in [0.5, 0.6) is 23.0 Å². The number of nitrogens with one attached hydrogen (secondary N) is 2. The van der Waals surface area contributed by atoms with E-state index in [0.29, 0.717) is 34.0 Å². The number of anilines is 2. The number of phenols is 2. The van der Waals surface area contributed by atoms with Gasteiger partial charge in [0.2, 0.25) is 0 Å². The number of para-hydroxylation sites is 2. The Morgan fingerprint density at radius 2 is 0.925 bits per heavy atom. The minimum Gasteiger partial charge on any atom is -0.508 e. The van der Waals surface area contributed by atoms with Gasteiger partial charge in [-0.15, -0.1) is 0 Å². The number of hydrogen-bond acceptors (Lipinski definition) is 7. The lowest BCUT2D eigenvalue weighted by atomic mass is 9.95. The number of carbonyl (C=O) groups is 2. The normalized spacial score (nSPS) is 11.0. The second-order valence-corrected chi connectivity index (χ2v) is 14.1. The average Bonchev–Trinajstić information content (AvgIpc) is 3.13. The van der Waals surface area contributed by atoms with E-state index in [4.69, 9.17) is 9.47 Å². The van der Waals surface area contributed by atoms with Gasteiger partial charge in [0.15, 0.2) is 0 Å². The molecule has 6 aromatic rings. The van der Waals surface area contributed by atoms with Crippen LogP contribution in [0.4, 0.5) is 21.0 Å². The molecule has 0 saturated carbocycles. The maximum atomic E-state index is 13.2. The van der Waals surface area contributed by atoms with E-state index in [2.05, 4.69) is 10.6 Å². The summed E-state index contributed by atoms with van der Waals surface area (Å²) in [6.45, 7) is 8.03. The predicted octanol–water partition coefficient (Wildman–Crippen LogP) is 12.1. The van der Waals surface area contributed by atoms with Crippen LogP contribution in [0, 0.1) is 0 Å². The van der Waals surface area contributed by atoms with E-state index in [9.17, 15) is 19.8 Å². The van der Waals surface area contributed by atoms with Crippen molar-refractivity contribution < 1.29 is 29.3 Å². The van der Waals surface area contributed by atoms with Gasteiger partial charge in [-0.2, -0.15) is 0 Å². The van der Waals surface area contributed by atoms with Crippen LogP contribution in [0.1, 0.15) is 50.7 Å². The number of aromatic hydroxyl groups is 2. The van der Waals surface area contributed by atoms with Gasteiger partial charge >= 0.3 is 12.2 Å². The van der Waals surface area contributed by atoms with E-state index in [1.807, 2.05) is 88.4 Å². The molecule has 0 fully saturated rings. The number of amides is 2. The van der Waals surface area contributed by atoms with Crippen molar-refractivity contribution in [3.8, 4) is 45.3 Å². The van der Waals surface area contributed by atoms with Crippen LogP contribution in [-0.2, 0) is 0 Å². The van der Waals surface area contributed by atoms with Gasteiger partial charge in [0.05, 0.1) is 11.4 Å². The molecule has 0 aliphatic heterocycles. The molecule has 0 aromatic heterocycles. The lowest BCUT2D eigenvalue weighted by Gasteiger charge is -2.20. The largest absolute Gasteiger partial charge is 0.508 e. The van der Waals surface area contributed by atoms with Gasteiger partial charge < -0.3 is 19.7 Å². The molecule has 0 saturated heterocycles. The van der Waals surface area contributed by atoms with Gasteiger partial charge in [-0.05, 0) is 107 Å². The van der Waals surface area contributed by atoms with Crippen molar-refractivity contribution in [1.29, 1.82) is 0 Å². The molecular weight excluding hydrogens is 685 g/mol. The Morgan fingerprint density at radius 3 is 1.30 bits per heavy atom. The zero-order valence-corrected chi connectivity index (χ0v) is 30.6. The highest BCUT2D eigenvalue weighted by atomic mass is 32.2. The summed E-state index contributed by atoms with van der Waals surface area (Å²) < 4.78 is 11.2. The highest BCUT2D eigenvalue weighted by Crippen LogP contribution is 2.47. The third-order valence-electron chi connectivity index (χ3n) is 8.53. The Labute approximate surface area is 313 Å². The standard InChI is InChI=1S/C44H40N2O6S/c1-27(2)33-25-29(21-23-37(33)47)41-35(45-43(49)51-31-13-7-5-8-14-31)17-11-19-39(41)53-40-20-12-18-36(46-44(50)52-32-15-9-6-10-16-32)42(40)30-22-24-38(48)34(26-30)28(3)4/h5-28,47-48H,1-4H3,(H,45,49)(H,46,50). The fraction of sp³-hybridized carbons (Fsp3) is 0.136. The molecular formula is C44H40N2O6S. The van der Waals surface area contributed by atoms with E-state index in [1.165, 1.54) is 11.8 Å². The molecule has 0 aliphatic rings. The van der Waals surface area contributed by atoms with Gasteiger partial charge in [-0.3, -0.25) is 10.6 Å². The van der Waals surface area contributed by atoms with Gasteiger partial charge in [-0.25, -0.2) is 9.59 Å². The molecule has 0 heterocycles. The van der Waals surface area contributed by atoms with E-state index in [1.54, 1.807) is 72.8 Å². The van der Waals surface area contributed by atoms with Crippen molar-refractivity contribution in [2.75, 3.05) is 10.6 Å². The molecule has 9 heteroatoms. The second-order valence-electron chi connectivity index (χ2n) is 13.0. The minimum atomic E-state index is -0.656. The first-order valence-electron chi connectivity index (χ1n) is 17.3.